The number of likely N-dealkylation sites (tertiary alicyclic amines) is 1. The highest BCUT2D eigenvalue weighted by atomic mass is 16.5. The zero-order valence-corrected chi connectivity index (χ0v) is 19.6. The summed E-state index contributed by atoms with van der Waals surface area (Å²) in [4.78, 5) is 26.0. The summed E-state index contributed by atoms with van der Waals surface area (Å²) in [6.07, 6.45) is 3.23. The molecule has 7 nitrogen and oxygen atoms in total. The van der Waals surface area contributed by atoms with Crippen molar-refractivity contribution >= 4 is 11.9 Å². The van der Waals surface area contributed by atoms with Crippen LogP contribution in [-0.4, -0.2) is 54.7 Å². The van der Waals surface area contributed by atoms with Gasteiger partial charge in [0.05, 0.1) is 18.7 Å². The summed E-state index contributed by atoms with van der Waals surface area (Å²) in [6, 6.07) is 13.1. The van der Waals surface area contributed by atoms with Crippen LogP contribution in [0.15, 0.2) is 42.5 Å². The number of carboxylic acid groups (broad SMARTS) is 1. The third-order valence-electron chi connectivity index (χ3n) is 7.20. The lowest BCUT2D eigenvalue weighted by atomic mass is 9.88. The number of nitrogens with one attached hydrogen (secondary N) is 2. The molecular weight excluding hydrogens is 418 g/mol. The fourth-order valence-corrected chi connectivity index (χ4v) is 5.10. The van der Waals surface area contributed by atoms with Gasteiger partial charge < -0.3 is 14.7 Å². The lowest BCUT2D eigenvalue weighted by molar-refractivity contribution is -0.134. The molecule has 4 rings (SSSR count). The predicted molar refractivity (Wildman–Crippen MR) is 127 cm³/mol. The summed E-state index contributed by atoms with van der Waals surface area (Å²) >= 11 is 0. The Morgan fingerprint density at radius 3 is 2.48 bits per heavy atom. The average Bonchev–Trinajstić information content (AvgIpc) is 3.54. The van der Waals surface area contributed by atoms with E-state index in [1.807, 2.05) is 18.7 Å². The van der Waals surface area contributed by atoms with Crippen molar-refractivity contribution < 1.29 is 19.4 Å². The van der Waals surface area contributed by atoms with Gasteiger partial charge in [-0.2, -0.15) is 0 Å². The van der Waals surface area contributed by atoms with Crippen LogP contribution in [0.1, 0.15) is 54.9 Å². The maximum absolute atomic E-state index is 12.7. The Balaban J connectivity index is 1.41. The first kappa shape index (κ1) is 23.3. The van der Waals surface area contributed by atoms with Gasteiger partial charge >= 0.3 is 5.97 Å². The number of ether oxygens (including phenoxy) is 1. The van der Waals surface area contributed by atoms with E-state index in [1.165, 1.54) is 5.56 Å². The van der Waals surface area contributed by atoms with Crippen LogP contribution in [0.5, 0.6) is 5.75 Å². The normalized spacial score (nSPS) is 19.8. The van der Waals surface area contributed by atoms with Crippen molar-refractivity contribution in [1.82, 2.24) is 15.8 Å². The molecule has 1 aliphatic heterocycles. The summed E-state index contributed by atoms with van der Waals surface area (Å²) in [5.74, 6) is 0.385. The number of carbonyl (C=O) groups is 2. The van der Waals surface area contributed by atoms with Crippen molar-refractivity contribution in [3.05, 3.63) is 53.6 Å². The first-order chi connectivity index (χ1) is 15.9. The predicted octanol–water partition coefficient (Wildman–Crippen LogP) is 3.66. The first-order valence-corrected chi connectivity index (χ1v) is 11.7. The summed E-state index contributed by atoms with van der Waals surface area (Å²) in [5.41, 5.74) is 9.66. The van der Waals surface area contributed by atoms with Gasteiger partial charge in [0.15, 0.2) is 0 Å². The lowest BCUT2D eigenvalue weighted by Gasteiger charge is -2.34. The van der Waals surface area contributed by atoms with Crippen molar-refractivity contribution in [2.45, 2.75) is 45.1 Å². The smallest absolute Gasteiger partial charge is 0.335 e. The van der Waals surface area contributed by atoms with E-state index in [9.17, 15) is 14.7 Å². The molecule has 1 spiro atoms. The van der Waals surface area contributed by atoms with Crippen molar-refractivity contribution in [3.8, 4) is 16.9 Å². The van der Waals surface area contributed by atoms with Crippen LogP contribution in [0, 0.1) is 5.41 Å². The van der Waals surface area contributed by atoms with Crippen LogP contribution in [-0.2, 0) is 4.79 Å². The molecule has 3 N–H and O–H groups in total. The maximum Gasteiger partial charge on any atom is 0.335 e. The van der Waals surface area contributed by atoms with Gasteiger partial charge in [-0.05, 0) is 66.8 Å². The third kappa shape index (κ3) is 4.75. The number of carbonyl (C=O) groups excluding carboxylic acids is 1. The van der Waals surface area contributed by atoms with E-state index in [1.54, 1.807) is 25.3 Å². The highest BCUT2D eigenvalue weighted by Crippen LogP contribution is 2.65. The first-order valence-electron chi connectivity index (χ1n) is 11.7. The molecule has 2 atom stereocenters. The number of hydrogen-bond donors (Lipinski definition) is 3. The molecule has 1 saturated heterocycles. The van der Waals surface area contributed by atoms with Gasteiger partial charge in [0.25, 0.3) is 0 Å². The second-order valence-corrected chi connectivity index (χ2v) is 9.18. The lowest BCUT2D eigenvalue weighted by Crippen LogP contribution is -2.51. The van der Waals surface area contributed by atoms with E-state index >= 15 is 0 Å². The topological polar surface area (TPSA) is 90.9 Å². The summed E-state index contributed by atoms with van der Waals surface area (Å²) in [5, 5.41) is 9.34. The van der Waals surface area contributed by atoms with Crippen LogP contribution in [0.2, 0.25) is 0 Å². The van der Waals surface area contributed by atoms with Gasteiger partial charge in [0.1, 0.15) is 5.75 Å². The zero-order chi connectivity index (χ0) is 23.6. The van der Waals surface area contributed by atoms with Crippen molar-refractivity contribution in [1.29, 1.82) is 0 Å². The van der Waals surface area contributed by atoms with E-state index in [2.05, 4.69) is 35.1 Å². The molecule has 1 heterocycles. The molecule has 0 bridgehead atoms. The number of piperidine rings is 1. The number of methoxy groups -OCH3 is 1. The molecule has 176 valence electrons. The van der Waals surface area contributed by atoms with Crippen molar-refractivity contribution in [2.24, 2.45) is 5.41 Å². The zero-order valence-electron chi connectivity index (χ0n) is 19.6. The SMILES string of the molecule is CCNNC(C)C(=O)N1CCC2(CC1)C[C@@H]2c1ccc(-c2cc(C(=O)O)ccc2OC)cc1. The van der Waals surface area contributed by atoms with E-state index in [0.717, 1.165) is 50.0 Å². The molecule has 1 amide bonds. The standard InChI is InChI=1S/C26H33N3O4/c1-4-27-28-17(2)24(30)29-13-11-26(12-14-29)16-22(26)19-7-5-18(6-8-19)21-15-20(25(31)32)9-10-23(21)33-3/h5-10,15,17,22,27-28H,4,11-14,16H2,1-3H3,(H,31,32)/t17?,22-/m1/s1. The van der Waals surface area contributed by atoms with Gasteiger partial charge in [-0.15, -0.1) is 0 Å². The van der Waals surface area contributed by atoms with Crippen LogP contribution in [0.25, 0.3) is 11.1 Å². The molecule has 1 aliphatic carbocycles. The van der Waals surface area contributed by atoms with Crippen LogP contribution in [0.4, 0.5) is 0 Å². The highest BCUT2D eigenvalue weighted by Gasteiger charge is 2.55. The average molecular weight is 452 g/mol. The number of benzene rings is 2. The molecule has 7 heteroatoms. The van der Waals surface area contributed by atoms with Gasteiger partial charge in [0.2, 0.25) is 5.91 Å². The van der Waals surface area contributed by atoms with Crippen LogP contribution in [0.3, 0.4) is 0 Å². The Bertz CT molecular complexity index is 1010. The van der Waals surface area contributed by atoms with Crippen molar-refractivity contribution in [2.75, 3.05) is 26.7 Å². The largest absolute Gasteiger partial charge is 0.496 e. The summed E-state index contributed by atoms with van der Waals surface area (Å²) in [7, 11) is 1.59. The van der Waals surface area contributed by atoms with Crippen molar-refractivity contribution in [3.63, 3.8) is 0 Å². The molecular formula is C26H33N3O4. The number of aromatic carboxylic acids is 1. The number of hydrazine groups is 1. The number of amides is 1. The second-order valence-electron chi connectivity index (χ2n) is 9.18. The second kappa shape index (κ2) is 9.53. The van der Waals surface area contributed by atoms with Gasteiger partial charge in [-0.3, -0.25) is 10.2 Å². The Labute approximate surface area is 195 Å². The molecule has 1 saturated carbocycles. The fraction of sp³-hybridized carbons (Fsp3) is 0.462. The van der Waals surface area contributed by atoms with E-state index in [-0.39, 0.29) is 17.5 Å². The van der Waals surface area contributed by atoms with Gasteiger partial charge in [-0.25, -0.2) is 10.2 Å². The molecule has 0 aromatic heterocycles. The minimum absolute atomic E-state index is 0.157. The number of rotatable bonds is 8. The molecule has 0 radical (unpaired) electrons. The minimum atomic E-state index is -0.952. The minimum Gasteiger partial charge on any atom is -0.496 e. The van der Waals surface area contributed by atoms with E-state index in [4.69, 9.17) is 4.74 Å². The summed E-state index contributed by atoms with van der Waals surface area (Å²) < 4.78 is 5.45. The molecule has 33 heavy (non-hydrogen) atoms. The third-order valence-corrected chi connectivity index (χ3v) is 7.20. The number of hydrogen-bond acceptors (Lipinski definition) is 5. The van der Waals surface area contributed by atoms with Gasteiger partial charge in [0, 0.05) is 25.2 Å². The van der Waals surface area contributed by atoms with E-state index in [0.29, 0.717) is 17.1 Å². The Morgan fingerprint density at radius 1 is 1.18 bits per heavy atom. The monoisotopic (exact) mass is 451 g/mol. The Morgan fingerprint density at radius 2 is 1.88 bits per heavy atom. The van der Waals surface area contributed by atoms with Crippen LogP contribution >= 0.6 is 0 Å². The quantitative estimate of drug-likeness (QED) is 0.531. The number of carboxylic acids is 1. The van der Waals surface area contributed by atoms with Gasteiger partial charge in [-0.1, -0.05) is 31.2 Å². The van der Waals surface area contributed by atoms with E-state index < -0.39 is 5.97 Å². The fourth-order valence-electron chi connectivity index (χ4n) is 5.10. The summed E-state index contributed by atoms with van der Waals surface area (Å²) in [6.45, 7) is 6.30. The molecule has 2 fully saturated rings. The highest BCUT2D eigenvalue weighted by molar-refractivity contribution is 5.90. The molecule has 2 aliphatic rings. The van der Waals surface area contributed by atoms with Crippen LogP contribution < -0.4 is 15.6 Å². The molecule has 2 aromatic rings. The Kier molecular flexibility index (Phi) is 6.72. The number of nitrogens with zero attached hydrogens (tertiary/aromatic N) is 1. The maximum atomic E-state index is 12.7. The molecule has 1 unspecified atom stereocenters. The molecule has 2 aromatic carbocycles. The Hall–Kier alpha value is -2.90.